The van der Waals surface area contributed by atoms with Crippen molar-refractivity contribution in [1.82, 2.24) is 5.06 Å². The molecule has 1 heterocycles. The average molecular weight is 485 g/mol. The molecule has 2 amide bonds. The predicted octanol–water partition coefficient (Wildman–Crippen LogP) is 4.13. The molecule has 3 saturated carbocycles. The number of Topliss-reactive ketones (excluding diaryl/α,β-unsaturated/α-hetero) is 1. The van der Waals surface area contributed by atoms with Crippen LogP contribution in [0.5, 0.6) is 0 Å². The maximum atomic E-state index is 12.3. The van der Waals surface area contributed by atoms with Crippen molar-refractivity contribution in [1.29, 1.82) is 0 Å². The molecule has 5 aliphatic rings. The fourth-order valence-corrected chi connectivity index (χ4v) is 8.26. The van der Waals surface area contributed by atoms with Gasteiger partial charge in [0, 0.05) is 18.8 Å². The number of oxime groups is 1. The minimum absolute atomic E-state index is 0.0563. The van der Waals surface area contributed by atoms with Gasteiger partial charge in [0.15, 0.2) is 0 Å². The highest BCUT2D eigenvalue weighted by atomic mass is 16.7. The van der Waals surface area contributed by atoms with E-state index in [2.05, 4.69) is 25.1 Å². The molecule has 0 aromatic heterocycles. The molecule has 8 nitrogen and oxygen atoms in total. The zero-order valence-corrected chi connectivity index (χ0v) is 21.0. The van der Waals surface area contributed by atoms with Crippen LogP contribution in [0.1, 0.15) is 85.0 Å². The van der Waals surface area contributed by atoms with Gasteiger partial charge in [-0.05, 0) is 93.0 Å². The first-order valence-electron chi connectivity index (χ1n) is 13.1. The van der Waals surface area contributed by atoms with Crippen molar-refractivity contribution in [2.45, 2.75) is 85.0 Å². The van der Waals surface area contributed by atoms with Crippen LogP contribution in [-0.2, 0) is 28.9 Å². The summed E-state index contributed by atoms with van der Waals surface area (Å²) in [6, 6.07) is 0. The van der Waals surface area contributed by atoms with Gasteiger partial charge in [-0.25, -0.2) is 4.79 Å². The molecule has 0 bridgehead atoms. The first-order valence-corrected chi connectivity index (χ1v) is 13.1. The number of imide groups is 1. The quantitative estimate of drug-likeness (QED) is 0.429. The van der Waals surface area contributed by atoms with Crippen molar-refractivity contribution in [3.8, 4) is 0 Å². The van der Waals surface area contributed by atoms with E-state index in [0.717, 1.165) is 44.2 Å². The van der Waals surface area contributed by atoms with Crippen LogP contribution in [0.3, 0.4) is 0 Å². The van der Waals surface area contributed by atoms with Gasteiger partial charge in [-0.15, -0.1) is 5.06 Å². The monoisotopic (exact) mass is 484 g/mol. The standard InChI is InChI=1S/C27H36N2O6/c1-16(30)20-6-7-21-19-5-4-17-14-18(10-12-26(17,2)22(19)11-13-27(20,21)3)28-34-15-25(33)35-29-23(31)8-9-24(29)32/h14,19-22H,4-13,15H2,1-3H3/t19-,20-,21+,22+,26-,27+/m0/s1. The normalized spacial score (nSPS) is 39.6. The van der Waals surface area contributed by atoms with Crippen LogP contribution in [0, 0.1) is 34.5 Å². The van der Waals surface area contributed by atoms with Crippen LogP contribution in [0.2, 0.25) is 0 Å². The van der Waals surface area contributed by atoms with Crippen molar-refractivity contribution < 1.29 is 28.9 Å². The Balaban J connectivity index is 1.22. The molecule has 0 N–H and O–H groups in total. The highest BCUT2D eigenvalue weighted by molar-refractivity contribution is 6.01. The summed E-state index contributed by atoms with van der Waals surface area (Å²) in [6.07, 6.45) is 10.8. The number of rotatable bonds is 5. The molecule has 0 aromatic carbocycles. The van der Waals surface area contributed by atoms with E-state index in [1.165, 1.54) is 18.4 Å². The van der Waals surface area contributed by atoms with Crippen molar-refractivity contribution >= 4 is 29.3 Å². The Morgan fingerprint density at radius 1 is 1.00 bits per heavy atom. The summed E-state index contributed by atoms with van der Waals surface area (Å²) in [6.45, 7) is 6.12. The van der Waals surface area contributed by atoms with Crippen LogP contribution < -0.4 is 0 Å². The number of carbonyl (C=O) groups excluding carboxylic acids is 4. The first kappa shape index (κ1) is 24.2. The van der Waals surface area contributed by atoms with Crippen molar-refractivity contribution in [2.75, 3.05) is 6.61 Å². The molecular formula is C27H36N2O6. The molecule has 5 rings (SSSR count). The number of carbonyl (C=O) groups is 4. The minimum atomic E-state index is -0.822. The molecule has 0 aromatic rings. The average Bonchev–Trinajstić information content (AvgIpc) is 3.33. The van der Waals surface area contributed by atoms with Gasteiger partial charge in [-0.2, -0.15) is 0 Å². The Labute approximate surface area is 206 Å². The first-order chi connectivity index (χ1) is 16.6. The SMILES string of the molecule is CC(=O)[C@@H]1CC[C@@H]2[C@@H]3CCC4=CC(=NOCC(=O)ON5C(=O)CCC5=O)CC[C@]4(C)[C@@H]3CC[C@@]21C. The molecule has 1 saturated heterocycles. The number of hydrogen-bond acceptors (Lipinski definition) is 7. The fraction of sp³-hybridized carbons (Fsp3) is 0.741. The van der Waals surface area contributed by atoms with Gasteiger partial charge in [0.1, 0.15) is 5.78 Å². The Morgan fingerprint density at radius 2 is 1.74 bits per heavy atom. The van der Waals surface area contributed by atoms with E-state index in [4.69, 9.17) is 9.68 Å². The Kier molecular flexibility index (Phi) is 6.12. The lowest BCUT2D eigenvalue weighted by molar-refractivity contribution is -0.200. The van der Waals surface area contributed by atoms with Gasteiger partial charge in [-0.3, -0.25) is 14.4 Å². The van der Waals surface area contributed by atoms with Crippen LogP contribution in [-0.4, -0.2) is 40.9 Å². The van der Waals surface area contributed by atoms with E-state index in [1.54, 1.807) is 6.92 Å². The number of fused-ring (bicyclic) bond motifs is 5. The molecule has 190 valence electrons. The molecule has 1 aliphatic heterocycles. The Bertz CT molecular complexity index is 1000. The molecule has 0 spiro atoms. The van der Waals surface area contributed by atoms with E-state index in [0.29, 0.717) is 28.6 Å². The van der Waals surface area contributed by atoms with Crippen molar-refractivity contribution in [2.24, 2.45) is 39.7 Å². The van der Waals surface area contributed by atoms with Gasteiger partial charge in [0.25, 0.3) is 11.8 Å². The summed E-state index contributed by atoms with van der Waals surface area (Å²) in [5.74, 6) is 0.716. The summed E-state index contributed by atoms with van der Waals surface area (Å²) in [5.41, 5.74) is 2.55. The molecular weight excluding hydrogens is 448 g/mol. The van der Waals surface area contributed by atoms with Gasteiger partial charge in [-0.1, -0.05) is 24.6 Å². The maximum absolute atomic E-state index is 12.3. The summed E-state index contributed by atoms with van der Waals surface area (Å²) in [7, 11) is 0. The van der Waals surface area contributed by atoms with E-state index in [-0.39, 0.29) is 29.6 Å². The number of allylic oxidation sites excluding steroid dienone is 2. The van der Waals surface area contributed by atoms with E-state index < -0.39 is 24.4 Å². The van der Waals surface area contributed by atoms with Gasteiger partial charge in [0.05, 0.1) is 5.71 Å². The van der Waals surface area contributed by atoms with Gasteiger partial charge >= 0.3 is 5.97 Å². The van der Waals surface area contributed by atoms with E-state index in [1.807, 2.05) is 0 Å². The molecule has 8 heteroatoms. The van der Waals surface area contributed by atoms with Crippen LogP contribution in [0.15, 0.2) is 16.8 Å². The minimum Gasteiger partial charge on any atom is -0.383 e. The molecule has 4 aliphatic carbocycles. The fourth-order valence-electron chi connectivity index (χ4n) is 8.26. The zero-order chi connectivity index (χ0) is 25.0. The van der Waals surface area contributed by atoms with Crippen molar-refractivity contribution in [3.63, 3.8) is 0 Å². The lowest BCUT2D eigenvalue weighted by Crippen LogP contribution is -2.51. The lowest BCUT2D eigenvalue weighted by atomic mass is 9.46. The Hall–Kier alpha value is -2.51. The van der Waals surface area contributed by atoms with Crippen LogP contribution in [0.4, 0.5) is 0 Å². The van der Waals surface area contributed by atoms with Crippen LogP contribution in [0.25, 0.3) is 0 Å². The van der Waals surface area contributed by atoms with Gasteiger partial charge < -0.3 is 9.68 Å². The number of nitrogens with zero attached hydrogens (tertiary/aromatic N) is 2. The molecule has 0 radical (unpaired) electrons. The van der Waals surface area contributed by atoms with Gasteiger partial charge in [0.2, 0.25) is 6.61 Å². The number of hydrogen-bond donors (Lipinski definition) is 0. The third-order valence-corrected chi connectivity index (χ3v) is 10.0. The molecule has 35 heavy (non-hydrogen) atoms. The summed E-state index contributed by atoms with van der Waals surface area (Å²) in [4.78, 5) is 57.5. The topological polar surface area (TPSA) is 102 Å². The lowest BCUT2D eigenvalue weighted by Gasteiger charge is -2.58. The summed E-state index contributed by atoms with van der Waals surface area (Å²) >= 11 is 0. The third kappa shape index (κ3) is 4.02. The number of amides is 2. The smallest absolute Gasteiger partial charge is 0.373 e. The highest BCUT2D eigenvalue weighted by Crippen LogP contribution is 2.66. The Morgan fingerprint density at radius 3 is 2.46 bits per heavy atom. The molecule has 0 unspecified atom stereocenters. The second-order valence-electron chi connectivity index (χ2n) is 11.7. The molecule has 6 atom stereocenters. The summed E-state index contributed by atoms with van der Waals surface area (Å²) < 4.78 is 0. The third-order valence-electron chi connectivity index (χ3n) is 10.0. The maximum Gasteiger partial charge on any atom is 0.373 e. The number of ketones is 1. The van der Waals surface area contributed by atoms with Crippen molar-refractivity contribution in [3.05, 3.63) is 11.6 Å². The highest BCUT2D eigenvalue weighted by Gasteiger charge is 2.59. The largest absolute Gasteiger partial charge is 0.383 e. The number of hydroxylamine groups is 2. The summed E-state index contributed by atoms with van der Waals surface area (Å²) in [5, 5.41) is 4.69. The van der Waals surface area contributed by atoms with E-state index >= 15 is 0 Å². The second-order valence-corrected chi connectivity index (χ2v) is 11.7. The predicted molar refractivity (Wildman–Crippen MR) is 126 cm³/mol. The van der Waals surface area contributed by atoms with E-state index in [9.17, 15) is 19.2 Å². The second kappa shape index (κ2) is 8.86. The van der Waals surface area contributed by atoms with Crippen LogP contribution >= 0.6 is 0 Å². The molecule has 4 fully saturated rings. The zero-order valence-electron chi connectivity index (χ0n) is 21.0.